The van der Waals surface area contributed by atoms with E-state index in [1.165, 1.54) is 0 Å². The number of aromatic amines is 1. The highest BCUT2D eigenvalue weighted by Crippen LogP contribution is 2.31. The summed E-state index contributed by atoms with van der Waals surface area (Å²) in [7, 11) is 0. The van der Waals surface area contributed by atoms with Gasteiger partial charge in [0.05, 0.1) is 19.1 Å². The Morgan fingerprint density at radius 2 is 2.00 bits per heavy atom. The van der Waals surface area contributed by atoms with Crippen molar-refractivity contribution in [1.29, 1.82) is 0 Å². The second kappa shape index (κ2) is 7.76. The molecule has 4 rings (SSSR count). The van der Waals surface area contributed by atoms with Crippen molar-refractivity contribution in [3.63, 3.8) is 0 Å². The van der Waals surface area contributed by atoms with Crippen LogP contribution in [0.4, 0.5) is 0 Å². The Bertz CT molecular complexity index is 1010. The molecule has 0 fully saturated rings. The summed E-state index contributed by atoms with van der Waals surface area (Å²) in [6.45, 7) is 2.13. The van der Waals surface area contributed by atoms with Crippen LogP contribution in [-0.4, -0.2) is 29.6 Å². The van der Waals surface area contributed by atoms with E-state index in [-0.39, 0.29) is 18.4 Å². The minimum Gasteiger partial charge on any atom is -0.493 e. The summed E-state index contributed by atoms with van der Waals surface area (Å²) in [6, 6.07) is 15.3. The first kappa shape index (κ1) is 18.1. The smallest absolute Gasteiger partial charge is 0.311 e. The standard InChI is InChI=1S/C22H22N2O4/c1-14(22(26)24-19-10-11-27-20-9-5-3-7-17(19)20)28-21(25)12-15-13-23-18-8-4-2-6-16(15)18/h2-9,13-14,19,23H,10-12H2,1H3,(H,24,26)/t14-,19+/m1/s1. The fraction of sp³-hybridized carbons (Fsp3) is 0.273. The van der Waals surface area contributed by atoms with Crippen LogP contribution >= 0.6 is 0 Å². The Hall–Kier alpha value is -3.28. The molecule has 2 atom stereocenters. The third kappa shape index (κ3) is 3.71. The van der Waals surface area contributed by atoms with Crippen molar-refractivity contribution in [1.82, 2.24) is 10.3 Å². The average Bonchev–Trinajstić information content (AvgIpc) is 3.11. The number of para-hydroxylation sites is 2. The zero-order valence-electron chi connectivity index (χ0n) is 15.6. The maximum Gasteiger partial charge on any atom is 0.311 e. The molecular formula is C22H22N2O4. The summed E-state index contributed by atoms with van der Waals surface area (Å²) in [5.41, 5.74) is 2.76. The zero-order chi connectivity index (χ0) is 19.5. The van der Waals surface area contributed by atoms with Gasteiger partial charge in [0, 0.05) is 29.1 Å². The minimum atomic E-state index is -0.868. The Morgan fingerprint density at radius 1 is 1.21 bits per heavy atom. The number of aromatic nitrogens is 1. The first-order valence-electron chi connectivity index (χ1n) is 9.38. The van der Waals surface area contributed by atoms with Gasteiger partial charge in [0.25, 0.3) is 5.91 Å². The molecule has 144 valence electrons. The third-order valence-electron chi connectivity index (χ3n) is 4.96. The van der Waals surface area contributed by atoms with E-state index in [0.717, 1.165) is 27.8 Å². The number of carbonyl (C=O) groups is 2. The van der Waals surface area contributed by atoms with Crippen LogP contribution in [0.15, 0.2) is 54.7 Å². The van der Waals surface area contributed by atoms with Gasteiger partial charge in [0.2, 0.25) is 0 Å². The highest BCUT2D eigenvalue weighted by Gasteiger charge is 2.26. The lowest BCUT2D eigenvalue weighted by atomic mass is 10.0. The molecule has 6 nitrogen and oxygen atoms in total. The van der Waals surface area contributed by atoms with Gasteiger partial charge < -0.3 is 19.8 Å². The van der Waals surface area contributed by atoms with Gasteiger partial charge in [-0.25, -0.2) is 0 Å². The van der Waals surface area contributed by atoms with Crippen LogP contribution in [0.1, 0.15) is 30.5 Å². The van der Waals surface area contributed by atoms with E-state index in [1.54, 1.807) is 13.1 Å². The van der Waals surface area contributed by atoms with E-state index in [9.17, 15) is 9.59 Å². The van der Waals surface area contributed by atoms with Crippen molar-refractivity contribution >= 4 is 22.8 Å². The quantitative estimate of drug-likeness (QED) is 0.668. The second-order valence-electron chi connectivity index (χ2n) is 6.90. The third-order valence-corrected chi connectivity index (χ3v) is 4.96. The Labute approximate surface area is 162 Å². The number of carbonyl (C=O) groups excluding carboxylic acids is 2. The molecule has 0 spiro atoms. The highest BCUT2D eigenvalue weighted by molar-refractivity contribution is 5.88. The van der Waals surface area contributed by atoms with Crippen LogP contribution in [-0.2, 0) is 20.7 Å². The van der Waals surface area contributed by atoms with Crippen LogP contribution in [0.2, 0.25) is 0 Å². The molecule has 0 unspecified atom stereocenters. The number of H-pyrrole nitrogens is 1. The van der Waals surface area contributed by atoms with Gasteiger partial charge in [-0.15, -0.1) is 0 Å². The Morgan fingerprint density at radius 3 is 2.89 bits per heavy atom. The number of rotatable bonds is 5. The fourth-order valence-electron chi connectivity index (χ4n) is 3.51. The van der Waals surface area contributed by atoms with Crippen LogP contribution in [0.25, 0.3) is 10.9 Å². The van der Waals surface area contributed by atoms with Crippen molar-refractivity contribution in [2.24, 2.45) is 0 Å². The molecule has 0 saturated heterocycles. The summed E-state index contributed by atoms with van der Waals surface area (Å²) >= 11 is 0. The van der Waals surface area contributed by atoms with Crippen molar-refractivity contribution in [3.8, 4) is 5.75 Å². The van der Waals surface area contributed by atoms with Gasteiger partial charge in [-0.05, 0) is 24.6 Å². The molecule has 1 aromatic heterocycles. The number of amides is 1. The van der Waals surface area contributed by atoms with Gasteiger partial charge in [-0.1, -0.05) is 36.4 Å². The fourth-order valence-corrected chi connectivity index (χ4v) is 3.51. The van der Waals surface area contributed by atoms with E-state index >= 15 is 0 Å². The molecule has 1 amide bonds. The molecule has 1 aliphatic heterocycles. The number of ether oxygens (including phenoxy) is 2. The molecule has 2 N–H and O–H groups in total. The number of nitrogens with one attached hydrogen (secondary N) is 2. The van der Waals surface area contributed by atoms with Crippen molar-refractivity contribution < 1.29 is 19.1 Å². The lowest BCUT2D eigenvalue weighted by Gasteiger charge is -2.27. The second-order valence-corrected chi connectivity index (χ2v) is 6.90. The van der Waals surface area contributed by atoms with E-state index in [0.29, 0.717) is 13.0 Å². The SMILES string of the molecule is C[C@@H](OC(=O)Cc1c[nH]c2ccccc12)C(=O)N[C@H]1CCOc2ccccc21. The zero-order valence-corrected chi connectivity index (χ0v) is 15.6. The first-order chi connectivity index (χ1) is 13.6. The predicted molar refractivity (Wildman–Crippen MR) is 105 cm³/mol. The van der Waals surface area contributed by atoms with Crippen LogP contribution in [0.5, 0.6) is 5.75 Å². The molecule has 2 heterocycles. The molecule has 2 aromatic carbocycles. The van der Waals surface area contributed by atoms with Crippen LogP contribution < -0.4 is 10.1 Å². The molecule has 6 heteroatoms. The largest absolute Gasteiger partial charge is 0.493 e. The van der Waals surface area contributed by atoms with Crippen LogP contribution in [0, 0.1) is 0 Å². The Balaban J connectivity index is 1.36. The minimum absolute atomic E-state index is 0.113. The van der Waals surface area contributed by atoms with Gasteiger partial charge >= 0.3 is 5.97 Å². The number of benzene rings is 2. The summed E-state index contributed by atoms with van der Waals surface area (Å²) in [5, 5.41) is 3.95. The van der Waals surface area contributed by atoms with Gasteiger partial charge in [-0.3, -0.25) is 9.59 Å². The van der Waals surface area contributed by atoms with E-state index in [4.69, 9.17) is 9.47 Å². The average molecular weight is 378 g/mol. The number of hydrogen-bond donors (Lipinski definition) is 2. The lowest BCUT2D eigenvalue weighted by molar-refractivity contribution is -0.154. The van der Waals surface area contributed by atoms with Gasteiger partial charge in [0.1, 0.15) is 5.75 Å². The van der Waals surface area contributed by atoms with Crippen molar-refractivity contribution in [2.45, 2.75) is 31.9 Å². The molecule has 0 saturated carbocycles. The first-order valence-corrected chi connectivity index (χ1v) is 9.38. The molecule has 0 aliphatic carbocycles. The maximum atomic E-state index is 12.5. The topological polar surface area (TPSA) is 80.4 Å². The Kier molecular flexibility index (Phi) is 5.02. The molecule has 0 radical (unpaired) electrons. The van der Waals surface area contributed by atoms with Gasteiger partial charge in [-0.2, -0.15) is 0 Å². The number of fused-ring (bicyclic) bond motifs is 2. The maximum absolute atomic E-state index is 12.5. The van der Waals surface area contributed by atoms with Crippen molar-refractivity contribution in [2.75, 3.05) is 6.61 Å². The van der Waals surface area contributed by atoms with E-state index in [2.05, 4.69) is 10.3 Å². The predicted octanol–water partition coefficient (Wildman–Crippen LogP) is 3.28. The van der Waals surface area contributed by atoms with Gasteiger partial charge in [0.15, 0.2) is 6.10 Å². The highest BCUT2D eigenvalue weighted by atomic mass is 16.5. The molecule has 3 aromatic rings. The molecule has 1 aliphatic rings. The normalized spacial score (nSPS) is 16.7. The number of esters is 1. The van der Waals surface area contributed by atoms with E-state index in [1.807, 2.05) is 48.5 Å². The van der Waals surface area contributed by atoms with E-state index < -0.39 is 12.1 Å². The van der Waals surface area contributed by atoms with Crippen LogP contribution in [0.3, 0.4) is 0 Å². The summed E-state index contributed by atoms with van der Waals surface area (Å²) < 4.78 is 11.0. The number of hydrogen-bond acceptors (Lipinski definition) is 4. The lowest BCUT2D eigenvalue weighted by Crippen LogP contribution is -2.39. The summed E-state index contributed by atoms with van der Waals surface area (Å²) in [5.74, 6) is 0.0387. The monoisotopic (exact) mass is 378 g/mol. The summed E-state index contributed by atoms with van der Waals surface area (Å²) in [4.78, 5) is 28.0. The summed E-state index contributed by atoms with van der Waals surface area (Å²) in [6.07, 6.45) is 1.73. The molecule has 28 heavy (non-hydrogen) atoms. The molecule has 0 bridgehead atoms. The van der Waals surface area contributed by atoms with Crippen molar-refractivity contribution in [3.05, 3.63) is 65.9 Å². The molecular weight excluding hydrogens is 356 g/mol.